The highest BCUT2D eigenvalue weighted by atomic mass is 16.5. The SMILES string of the molecule is CCOC(=O)C1(NC(=O)c2ccc(OC)c(OCCc3cccc(C)c3)c2)CCC(C)CC1. The van der Waals surface area contributed by atoms with Crippen molar-refractivity contribution in [2.45, 2.75) is 58.4 Å². The van der Waals surface area contributed by atoms with E-state index in [0.717, 1.165) is 19.3 Å². The van der Waals surface area contributed by atoms with Crippen molar-refractivity contribution in [3.63, 3.8) is 0 Å². The highest BCUT2D eigenvalue weighted by Crippen LogP contribution is 2.34. The molecule has 0 aromatic heterocycles. The third kappa shape index (κ3) is 6.28. The van der Waals surface area contributed by atoms with E-state index in [4.69, 9.17) is 14.2 Å². The maximum absolute atomic E-state index is 13.2. The van der Waals surface area contributed by atoms with E-state index in [-0.39, 0.29) is 18.5 Å². The van der Waals surface area contributed by atoms with Crippen molar-refractivity contribution in [3.8, 4) is 11.5 Å². The van der Waals surface area contributed by atoms with E-state index in [9.17, 15) is 9.59 Å². The first-order valence-electron chi connectivity index (χ1n) is 11.7. The molecule has 0 unspecified atom stereocenters. The number of carbonyl (C=O) groups excluding carboxylic acids is 2. The Morgan fingerprint density at radius 1 is 1.09 bits per heavy atom. The molecule has 1 saturated carbocycles. The number of nitrogens with one attached hydrogen (secondary N) is 1. The van der Waals surface area contributed by atoms with Crippen LogP contribution in [0.25, 0.3) is 0 Å². The Hall–Kier alpha value is -3.02. The summed E-state index contributed by atoms with van der Waals surface area (Å²) in [6.45, 7) is 6.75. The van der Waals surface area contributed by atoms with Crippen molar-refractivity contribution < 1.29 is 23.8 Å². The second-order valence-corrected chi connectivity index (χ2v) is 8.89. The number of hydrogen-bond acceptors (Lipinski definition) is 5. The first kappa shape index (κ1) is 24.6. The lowest BCUT2D eigenvalue weighted by Gasteiger charge is -2.37. The van der Waals surface area contributed by atoms with Gasteiger partial charge < -0.3 is 19.5 Å². The minimum atomic E-state index is -0.980. The van der Waals surface area contributed by atoms with Gasteiger partial charge >= 0.3 is 5.97 Å². The Labute approximate surface area is 196 Å². The fourth-order valence-corrected chi connectivity index (χ4v) is 4.27. The van der Waals surface area contributed by atoms with E-state index >= 15 is 0 Å². The standard InChI is InChI=1S/C27H35NO5/c1-5-32-26(30)27(14-11-19(2)12-15-27)28-25(29)22-9-10-23(31-4)24(18-22)33-16-13-21-8-6-7-20(3)17-21/h6-10,17-19H,5,11-16H2,1-4H3,(H,28,29). The fraction of sp³-hybridized carbons (Fsp3) is 0.481. The average Bonchev–Trinajstić information content (AvgIpc) is 2.81. The summed E-state index contributed by atoms with van der Waals surface area (Å²) in [6, 6.07) is 13.4. The molecule has 0 bridgehead atoms. The van der Waals surface area contributed by atoms with Gasteiger partial charge in [-0.05, 0) is 69.2 Å². The van der Waals surface area contributed by atoms with Gasteiger partial charge in [0.2, 0.25) is 0 Å². The summed E-state index contributed by atoms with van der Waals surface area (Å²) in [5, 5.41) is 3.00. The van der Waals surface area contributed by atoms with Crippen molar-refractivity contribution in [2.24, 2.45) is 5.92 Å². The van der Waals surface area contributed by atoms with Crippen LogP contribution in [-0.2, 0) is 16.0 Å². The Bertz CT molecular complexity index is 963. The van der Waals surface area contributed by atoms with E-state index in [0.29, 0.717) is 42.4 Å². The summed E-state index contributed by atoms with van der Waals surface area (Å²) in [7, 11) is 1.57. The van der Waals surface area contributed by atoms with E-state index in [1.165, 1.54) is 11.1 Å². The first-order chi connectivity index (χ1) is 15.9. The van der Waals surface area contributed by atoms with Gasteiger partial charge in [-0.15, -0.1) is 0 Å². The van der Waals surface area contributed by atoms with Crippen molar-refractivity contribution in [1.29, 1.82) is 0 Å². The van der Waals surface area contributed by atoms with Crippen LogP contribution in [0.5, 0.6) is 11.5 Å². The summed E-state index contributed by atoms with van der Waals surface area (Å²) in [6.07, 6.45) is 3.64. The van der Waals surface area contributed by atoms with Gasteiger partial charge in [-0.3, -0.25) is 4.79 Å². The molecule has 2 aromatic rings. The number of ether oxygens (including phenoxy) is 3. The minimum absolute atomic E-state index is 0.285. The monoisotopic (exact) mass is 453 g/mol. The molecule has 178 valence electrons. The predicted octanol–water partition coefficient (Wildman–Crippen LogP) is 4.87. The summed E-state index contributed by atoms with van der Waals surface area (Å²) in [5.74, 6) is 0.915. The van der Waals surface area contributed by atoms with Crippen LogP contribution >= 0.6 is 0 Å². The Morgan fingerprint density at radius 2 is 1.85 bits per heavy atom. The van der Waals surface area contributed by atoms with Gasteiger partial charge in [0.15, 0.2) is 11.5 Å². The molecule has 0 atom stereocenters. The molecule has 0 aliphatic heterocycles. The molecule has 1 aliphatic rings. The molecule has 1 amide bonds. The normalized spacial score (nSPS) is 20.1. The van der Waals surface area contributed by atoms with Gasteiger partial charge in [0.25, 0.3) is 5.91 Å². The molecule has 0 saturated heterocycles. The molecule has 1 N–H and O–H groups in total. The van der Waals surface area contributed by atoms with Crippen molar-refractivity contribution in [1.82, 2.24) is 5.32 Å². The lowest BCUT2D eigenvalue weighted by atomic mass is 9.77. The van der Waals surface area contributed by atoms with Crippen LogP contribution in [0.3, 0.4) is 0 Å². The van der Waals surface area contributed by atoms with Crippen LogP contribution in [0.15, 0.2) is 42.5 Å². The second-order valence-electron chi connectivity index (χ2n) is 8.89. The number of carbonyl (C=O) groups is 2. The van der Waals surface area contributed by atoms with Crippen LogP contribution in [-0.4, -0.2) is 37.7 Å². The zero-order chi connectivity index (χ0) is 23.8. The number of benzene rings is 2. The number of esters is 1. The molecular formula is C27H35NO5. The number of methoxy groups -OCH3 is 1. The van der Waals surface area contributed by atoms with E-state index in [1.54, 1.807) is 32.2 Å². The van der Waals surface area contributed by atoms with Crippen LogP contribution in [0, 0.1) is 12.8 Å². The van der Waals surface area contributed by atoms with Crippen molar-refractivity contribution in [2.75, 3.05) is 20.3 Å². The van der Waals surface area contributed by atoms with Gasteiger partial charge in [0.05, 0.1) is 20.3 Å². The van der Waals surface area contributed by atoms with Crippen LogP contribution < -0.4 is 14.8 Å². The Kier molecular flexibility index (Phi) is 8.37. The van der Waals surface area contributed by atoms with Crippen LogP contribution in [0.4, 0.5) is 0 Å². The molecule has 33 heavy (non-hydrogen) atoms. The molecule has 6 nitrogen and oxygen atoms in total. The summed E-state index contributed by atoms with van der Waals surface area (Å²) in [5.41, 5.74) is 1.83. The molecule has 1 fully saturated rings. The highest BCUT2D eigenvalue weighted by Gasteiger charge is 2.43. The fourth-order valence-electron chi connectivity index (χ4n) is 4.27. The lowest BCUT2D eigenvalue weighted by molar-refractivity contribution is -0.152. The maximum atomic E-state index is 13.2. The summed E-state index contributed by atoms with van der Waals surface area (Å²) in [4.78, 5) is 26.0. The quantitative estimate of drug-likeness (QED) is 0.549. The molecule has 3 rings (SSSR count). The number of rotatable bonds is 9. The topological polar surface area (TPSA) is 73.9 Å². The van der Waals surface area contributed by atoms with Gasteiger partial charge in [-0.1, -0.05) is 36.8 Å². The third-order valence-electron chi connectivity index (χ3n) is 6.30. The van der Waals surface area contributed by atoms with Crippen molar-refractivity contribution in [3.05, 3.63) is 59.2 Å². The number of amides is 1. The van der Waals surface area contributed by atoms with Crippen LogP contribution in [0.2, 0.25) is 0 Å². The molecule has 6 heteroatoms. The zero-order valence-electron chi connectivity index (χ0n) is 20.1. The predicted molar refractivity (Wildman–Crippen MR) is 128 cm³/mol. The van der Waals surface area contributed by atoms with Crippen molar-refractivity contribution >= 4 is 11.9 Å². The van der Waals surface area contributed by atoms with Gasteiger partial charge in [0.1, 0.15) is 5.54 Å². The maximum Gasteiger partial charge on any atom is 0.331 e. The Morgan fingerprint density at radius 3 is 2.52 bits per heavy atom. The smallest absolute Gasteiger partial charge is 0.331 e. The summed E-state index contributed by atoms with van der Waals surface area (Å²) < 4.78 is 16.7. The van der Waals surface area contributed by atoms with E-state index in [1.807, 2.05) is 6.07 Å². The molecule has 0 radical (unpaired) electrons. The van der Waals surface area contributed by atoms with Gasteiger partial charge in [-0.25, -0.2) is 4.79 Å². The molecular weight excluding hydrogens is 418 g/mol. The number of aryl methyl sites for hydroxylation is 1. The second kappa shape index (κ2) is 11.2. The number of hydrogen-bond donors (Lipinski definition) is 1. The molecule has 2 aromatic carbocycles. The first-order valence-corrected chi connectivity index (χ1v) is 11.7. The van der Waals surface area contributed by atoms with E-state index < -0.39 is 5.54 Å². The molecule has 0 spiro atoms. The van der Waals surface area contributed by atoms with Crippen LogP contribution in [0.1, 0.15) is 61.0 Å². The lowest BCUT2D eigenvalue weighted by Crippen LogP contribution is -2.57. The molecule has 0 heterocycles. The summed E-state index contributed by atoms with van der Waals surface area (Å²) >= 11 is 0. The van der Waals surface area contributed by atoms with Gasteiger partial charge in [-0.2, -0.15) is 0 Å². The third-order valence-corrected chi connectivity index (χ3v) is 6.30. The highest BCUT2D eigenvalue weighted by molar-refractivity contribution is 5.98. The minimum Gasteiger partial charge on any atom is -0.493 e. The zero-order valence-corrected chi connectivity index (χ0v) is 20.1. The Balaban J connectivity index is 1.73. The molecule has 1 aliphatic carbocycles. The van der Waals surface area contributed by atoms with Gasteiger partial charge in [0, 0.05) is 12.0 Å². The average molecular weight is 454 g/mol. The van der Waals surface area contributed by atoms with E-state index in [2.05, 4.69) is 37.4 Å². The largest absolute Gasteiger partial charge is 0.493 e.